The first-order valence-electron chi connectivity index (χ1n) is 8.57. The number of hydrogen-bond donors (Lipinski definition) is 1. The van der Waals surface area contributed by atoms with Crippen molar-refractivity contribution in [2.24, 2.45) is 0 Å². The molecule has 1 N–H and O–H groups in total. The number of alkyl carbamates (subject to hydrolysis) is 1. The molecular formula is C18H24Cl2N2O4. The molecule has 0 saturated carbocycles. The van der Waals surface area contributed by atoms with Gasteiger partial charge in [0.2, 0.25) is 0 Å². The van der Waals surface area contributed by atoms with Crippen LogP contribution in [0.5, 0.6) is 5.75 Å². The summed E-state index contributed by atoms with van der Waals surface area (Å²) in [5.41, 5.74) is 1.84. The van der Waals surface area contributed by atoms with Crippen LogP contribution in [0.4, 0.5) is 4.79 Å². The van der Waals surface area contributed by atoms with Crippen molar-refractivity contribution in [1.82, 2.24) is 10.2 Å². The van der Waals surface area contributed by atoms with Gasteiger partial charge in [0, 0.05) is 24.2 Å². The molecule has 1 fully saturated rings. The van der Waals surface area contributed by atoms with E-state index >= 15 is 0 Å². The van der Waals surface area contributed by atoms with E-state index in [1.54, 1.807) is 4.90 Å². The van der Waals surface area contributed by atoms with Gasteiger partial charge in [-0.15, -0.1) is 11.6 Å². The molecule has 8 heteroatoms. The van der Waals surface area contributed by atoms with Crippen molar-refractivity contribution in [3.63, 3.8) is 0 Å². The van der Waals surface area contributed by atoms with Gasteiger partial charge in [0.1, 0.15) is 12.4 Å². The number of alkyl halides is 1. The highest BCUT2D eigenvalue weighted by Gasteiger charge is 2.24. The number of rotatable bonds is 6. The Hall–Kier alpha value is -1.66. The van der Waals surface area contributed by atoms with E-state index in [1.165, 1.54) is 0 Å². The second-order valence-electron chi connectivity index (χ2n) is 6.28. The average Bonchev–Trinajstić information content (AvgIpc) is 2.63. The fraction of sp³-hybridized carbons (Fsp3) is 0.556. The highest BCUT2D eigenvalue weighted by atomic mass is 35.5. The lowest BCUT2D eigenvalue weighted by Crippen LogP contribution is -2.47. The van der Waals surface area contributed by atoms with Crippen LogP contribution in [0.2, 0.25) is 5.02 Å². The van der Waals surface area contributed by atoms with Gasteiger partial charge in [0.15, 0.2) is 6.61 Å². The molecule has 2 amide bonds. The van der Waals surface area contributed by atoms with E-state index < -0.39 is 6.09 Å². The second kappa shape index (κ2) is 9.88. The summed E-state index contributed by atoms with van der Waals surface area (Å²) in [7, 11) is 0. The minimum atomic E-state index is -0.466. The molecule has 0 atom stereocenters. The zero-order chi connectivity index (χ0) is 19.1. The third kappa shape index (κ3) is 5.95. The maximum absolute atomic E-state index is 12.3. The number of nitrogens with one attached hydrogen (secondary N) is 1. The molecule has 1 aliphatic rings. The number of likely N-dealkylation sites (tertiary alicyclic amines) is 1. The number of carbonyl (C=O) groups excluding carboxylic acids is 2. The zero-order valence-electron chi connectivity index (χ0n) is 15.0. The molecule has 2 rings (SSSR count). The number of halogens is 2. The Morgan fingerprint density at radius 3 is 2.42 bits per heavy atom. The van der Waals surface area contributed by atoms with Crippen LogP contribution in [0, 0.1) is 13.8 Å². The molecule has 0 aromatic heterocycles. The fourth-order valence-corrected chi connectivity index (χ4v) is 3.02. The second-order valence-corrected chi connectivity index (χ2v) is 7.04. The van der Waals surface area contributed by atoms with E-state index in [0.717, 1.165) is 11.1 Å². The third-order valence-electron chi connectivity index (χ3n) is 4.25. The molecule has 26 heavy (non-hydrogen) atoms. The van der Waals surface area contributed by atoms with Crippen molar-refractivity contribution >= 4 is 35.2 Å². The number of ether oxygens (including phenoxy) is 2. The average molecular weight is 403 g/mol. The molecule has 0 spiro atoms. The summed E-state index contributed by atoms with van der Waals surface area (Å²) >= 11 is 11.6. The standard InChI is InChI=1S/C18H24Cl2N2O4/c1-12-9-15(10-13(2)17(12)20)26-11-16(23)22-6-3-14(4-7-22)21-18(24)25-8-5-19/h9-10,14H,3-8,11H2,1-2H3,(H,21,24). The molecule has 1 aliphatic heterocycles. The van der Waals surface area contributed by atoms with Crippen molar-refractivity contribution in [3.05, 3.63) is 28.3 Å². The molecule has 1 aromatic rings. The Balaban J connectivity index is 1.75. The van der Waals surface area contributed by atoms with Crippen LogP contribution in [0.1, 0.15) is 24.0 Å². The molecule has 144 valence electrons. The van der Waals surface area contributed by atoms with Crippen LogP contribution in [0.15, 0.2) is 12.1 Å². The van der Waals surface area contributed by atoms with Gasteiger partial charge >= 0.3 is 6.09 Å². The van der Waals surface area contributed by atoms with Gasteiger partial charge in [-0.3, -0.25) is 4.79 Å². The largest absolute Gasteiger partial charge is 0.484 e. The minimum Gasteiger partial charge on any atom is -0.484 e. The summed E-state index contributed by atoms with van der Waals surface area (Å²) in [6.45, 7) is 5.12. The SMILES string of the molecule is Cc1cc(OCC(=O)N2CCC(NC(=O)OCCCl)CC2)cc(C)c1Cl. The molecule has 1 heterocycles. The number of carbonyl (C=O) groups is 2. The van der Waals surface area contributed by atoms with Crippen LogP contribution in [-0.2, 0) is 9.53 Å². The van der Waals surface area contributed by atoms with Crippen LogP contribution in [-0.4, -0.2) is 55.1 Å². The number of hydrogen-bond acceptors (Lipinski definition) is 4. The van der Waals surface area contributed by atoms with E-state index in [-0.39, 0.29) is 31.0 Å². The maximum atomic E-state index is 12.3. The van der Waals surface area contributed by atoms with Crippen LogP contribution < -0.4 is 10.1 Å². The van der Waals surface area contributed by atoms with Crippen LogP contribution in [0.25, 0.3) is 0 Å². The first-order valence-corrected chi connectivity index (χ1v) is 9.48. The number of nitrogens with zero attached hydrogens (tertiary/aromatic N) is 1. The van der Waals surface area contributed by atoms with E-state index in [9.17, 15) is 9.59 Å². The first kappa shape index (κ1) is 20.6. The monoisotopic (exact) mass is 402 g/mol. The summed E-state index contributed by atoms with van der Waals surface area (Å²) in [5, 5.41) is 3.50. The summed E-state index contributed by atoms with van der Waals surface area (Å²) in [6, 6.07) is 3.65. The predicted octanol–water partition coefficient (Wildman–Crippen LogP) is 3.29. The first-order chi connectivity index (χ1) is 12.4. The Morgan fingerprint density at radius 1 is 1.23 bits per heavy atom. The fourth-order valence-electron chi connectivity index (χ4n) is 2.84. The van der Waals surface area contributed by atoms with Crippen molar-refractivity contribution in [1.29, 1.82) is 0 Å². The van der Waals surface area contributed by atoms with Gasteiger partial charge in [-0.1, -0.05) is 11.6 Å². The lowest BCUT2D eigenvalue weighted by molar-refractivity contribution is -0.134. The molecular weight excluding hydrogens is 379 g/mol. The van der Waals surface area contributed by atoms with Gasteiger partial charge in [0.25, 0.3) is 5.91 Å². The van der Waals surface area contributed by atoms with Crippen molar-refractivity contribution in [3.8, 4) is 5.75 Å². The Bertz CT molecular complexity index is 623. The molecule has 0 radical (unpaired) electrons. The summed E-state index contributed by atoms with van der Waals surface area (Å²) < 4.78 is 10.5. The molecule has 0 unspecified atom stereocenters. The Kier molecular flexibility index (Phi) is 7.85. The van der Waals surface area contributed by atoms with Gasteiger partial charge in [-0.25, -0.2) is 4.79 Å². The van der Waals surface area contributed by atoms with Crippen molar-refractivity contribution < 1.29 is 19.1 Å². The molecule has 1 saturated heterocycles. The number of amides is 2. The zero-order valence-corrected chi connectivity index (χ0v) is 16.5. The molecule has 0 bridgehead atoms. The van der Waals surface area contributed by atoms with Gasteiger partial charge in [-0.05, 0) is 49.9 Å². The number of piperidine rings is 1. The Labute approximate surface area is 163 Å². The van der Waals surface area contributed by atoms with Crippen molar-refractivity contribution in [2.75, 3.05) is 32.2 Å². The normalized spacial score (nSPS) is 14.8. The lowest BCUT2D eigenvalue weighted by Gasteiger charge is -2.32. The summed E-state index contributed by atoms with van der Waals surface area (Å²) in [4.78, 5) is 25.6. The molecule has 1 aromatic carbocycles. The van der Waals surface area contributed by atoms with E-state index in [1.807, 2.05) is 26.0 Å². The van der Waals surface area contributed by atoms with E-state index in [4.69, 9.17) is 32.7 Å². The smallest absolute Gasteiger partial charge is 0.407 e. The van der Waals surface area contributed by atoms with Crippen LogP contribution >= 0.6 is 23.2 Å². The van der Waals surface area contributed by atoms with Crippen LogP contribution in [0.3, 0.4) is 0 Å². The minimum absolute atomic E-state index is 0.00404. The highest BCUT2D eigenvalue weighted by molar-refractivity contribution is 6.32. The predicted molar refractivity (Wildman–Crippen MR) is 101 cm³/mol. The quantitative estimate of drug-likeness (QED) is 0.741. The molecule has 0 aliphatic carbocycles. The third-order valence-corrected chi connectivity index (χ3v) is 5.00. The highest BCUT2D eigenvalue weighted by Crippen LogP contribution is 2.25. The summed E-state index contributed by atoms with van der Waals surface area (Å²) in [5.74, 6) is 0.835. The maximum Gasteiger partial charge on any atom is 0.407 e. The van der Waals surface area contributed by atoms with Crippen molar-refractivity contribution in [2.45, 2.75) is 32.7 Å². The Morgan fingerprint density at radius 2 is 1.85 bits per heavy atom. The number of benzene rings is 1. The molecule has 6 nitrogen and oxygen atoms in total. The van der Waals surface area contributed by atoms with Gasteiger partial charge < -0.3 is 19.7 Å². The van der Waals surface area contributed by atoms with E-state index in [0.29, 0.717) is 36.7 Å². The lowest BCUT2D eigenvalue weighted by atomic mass is 10.1. The number of aryl methyl sites for hydroxylation is 2. The van der Waals surface area contributed by atoms with Gasteiger partial charge in [0.05, 0.1) is 5.88 Å². The topological polar surface area (TPSA) is 67.9 Å². The summed E-state index contributed by atoms with van der Waals surface area (Å²) in [6.07, 6.45) is 0.897. The van der Waals surface area contributed by atoms with Gasteiger partial charge in [-0.2, -0.15) is 0 Å². The van der Waals surface area contributed by atoms with E-state index in [2.05, 4.69) is 5.32 Å².